The lowest BCUT2D eigenvalue weighted by Gasteiger charge is -2.32. The maximum absolute atomic E-state index is 13.9. The van der Waals surface area contributed by atoms with Crippen LogP contribution in [-0.4, -0.2) is 46.2 Å². The molecule has 4 amide bonds. The highest BCUT2D eigenvalue weighted by atomic mass is 19.4. The van der Waals surface area contributed by atoms with Gasteiger partial charge in [-0.1, -0.05) is 54.6 Å². The van der Waals surface area contributed by atoms with Gasteiger partial charge in [-0.3, -0.25) is 19.5 Å². The van der Waals surface area contributed by atoms with Crippen LogP contribution in [-0.2, 0) is 22.3 Å². The van der Waals surface area contributed by atoms with Gasteiger partial charge in [0.2, 0.25) is 5.91 Å². The molecular formula is C28H24F3N5O3. The number of carbonyl (C=O) groups is 3. The van der Waals surface area contributed by atoms with Crippen LogP contribution < -0.4 is 10.6 Å². The zero-order chi connectivity index (χ0) is 27.7. The van der Waals surface area contributed by atoms with Gasteiger partial charge in [0.15, 0.2) is 0 Å². The average Bonchev–Trinajstić information content (AvgIpc) is 3.27. The molecule has 39 heavy (non-hydrogen) atoms. The highest BCUT2D eigenvalue weighted by Gasteiger charge is 2.48. The largest absolute Gasteiger partial charge is 0.416 e. The number of halogens is 3. The van der Waals surface area contributed by atoms with E-state index >= 15 is 0 Å². The highest BCUT2D eigenvalue weighted by Crippen LogP contribution is 2.43. The Bertz CT molecular complexity index is 1440. The molecular weight excluding hydrogens is 511 g/mol. The molecule has 2 aliphatic rings. The molecule has 3 aromatic rings. The van der Waals surface area contributed by atoms with E-state index in [9.17, 15) is 27.6 Å². The fourth-order valence-corrected chi connectivity index (χ4v) is 4.92. The van der Waals surface area contributed by atoms with Crippen molar-refractivity contribution in [2.75, 3.05) is 13.6 Å². The number of hydrogen-bond acceptors (Lipinski definition) is 4. The van der Waals surface area contributed by atoms with E-state index in [0.29, 0.717) is 11.3 Å². The van der Waals surface area contributed by atoms with Gasteiger partial charge >= 0.3 is 12.2 Å². The summed E-state index contributed by atoms with van der Waals surface area (Å²) in [4.78, 5) is 47.0. The lowest BCUT2D eigenvalue weighted by atomic mass is 9.91. The number of nitrogens with zero attached hydrogens (tertiary/aromatic N) is 3. The predicted octanol–water partition coefficient (Wildman–Crippen LogP) is 3.95. The summed E-state index contributed by atoms with van der Waals surface area (Å²) in [6.07, 6.45) is -3.11. The van der Waals surface area contributed by atoms with Crippen LogP contribution in [0.1, 0.15) is 34.5 Å². The third-order valence-electron chi connectivity index (χ3n) is 6.81. The molecule has 1 aromatic heterocycles. The molecule has 0 radical (unpaired) electrons. The molecule has 3 heterocycles. The van der Waals surface area contributed by atoms with Crippen molar-refractivity contribution in [1.82, 2.24) is 25.4 Å². The van der Waals surface area contributed by atoms with Crippen molar-refractivity contribution in [1.29, 1.82) is 0 Å². The number of amides is 4. The van der Waals surface area contributed by atoms with Gasteiger partial charge in [-0.25, -0.2) is 4.79 Å². The van der Waals surface area contributed by atoms with Crippen LogP contribution in [0, 0.1) is 0 Å². The molecule has 2 atom stereocenters. The number of alkyl halides is 3. The van der Waals surface area contributed by atoms with E-state index in [2.05, 4.69) is 15.6 Å². The Labute approximate surface area is 222 Å². The van der Waals surface area contributed by atoms with E-state index in [1.165, 1.54) is 35.0 Å². The molecule has 2 N–H and O–H groups in total. The average molecular weight is 536 g/mol. The van der Waals surface area contributed by atoms with Gasteiger partial charge in [0.25, 0.3) is 5.91 Å². The van der Waals surface area contributed by atoms with Crippen LogP contribution in [0.2, 0.25) is 0 Å². The second kappa shape index (κ2) is 10.2. The van der Waals surface area contributed by atoms with Crippen molar-refractivity contribution >= 4 is 17.8 Å². The van der Waals surface area contributed by atoms with Crippen LogP contribution in [0.5, 0.6) is 0 Å². The predicted molar refractivity (Wildman–Crippen MR) is 134 cm³/mol. The summed E-state index contributed by atoms with van der Waals surface area (Å²) in [5, 5.41) is 5.35. The number of urea groups is 1. The summed E-state index contributed by atoms with van der Waals surface area (Å²) in [5.74, 6) is -1.13. The first-order chi connectivity index (χ1) is 18.7. The molecule has 2 aromatic carbocycles. The molecule has 0 saturated heterocycles. The van der Waals surface area contributed by atoms with E-state index in [1.54, 1.807) is 54.7 Å². The van der Waals surface area contributed by atoms with Crippen molar-refractivity contribution in [3.05, 3.63) is 113 Å². The van der Waals surface area contributed by atoms with Crippen LogP contribution in [0.3, 0.4) is 0 Å². The van der Waals surface area contributed by atoms with Crippen molar-refractivity contribution in [3.63, 3.8) is 0 Å². The maximum atomic E-state index is 13.9. The van der Waals surface area contributed by atoms with Crippen molar-refractivity contribution in [3.8, 4) is 0 Å². The Morgan fingerprint density at radius 1 is 1.05 bits per heavy atom. The van der Waals surface area contributed by atoms with Gasteiger partial charge in [0.05, 0.1) is 41.7 Å². The van der Waals surface area contributed by atoms with E-state index in [-0.39, 0.29) is 29.9 Å². The van der Waals surface area contributed by atoms with Gasteiger partial charge in [-0.15, -0.1) is 0 Å². The van der Waals surface area contributed by atoms with Crippen LogP contribution in [0.25, 0.3) is 0 Å². The minimum absolute atomic E-state index is 0.00717. The summed E-state index contributed by atoms with van der Waals surface area (Å²) in [6.45, 7) is -0.0287. The number of benzene rings is 2. The first-order valence-electron chi connectivity index (χ1n) is 12.1. The summed E-state index contributed by atoms with van der Waals surface area (Å²) >= 11 is 0. The molecule has 0 bridgehead atoms. The molecule has 0 aliphatic carbocycles. The second-order valence-corrected chi connectivity index (χ2v) is 9.17. The third-order valence-corrected chi connectivity index (χ3v) is 6.81. The molecule has 11 heteroatoms. The first-order valence-corrected chi connectivity index (χ1v) is 12.1. The minimum Gasteiger partial charge on any atom is -0.348 e. The second-order valence-electron chi connectivity index (χ2n) is 9.17. The normalized spacial score (nSPS) is 18.1. The minimum atomic E-state index is -4.70. The molecule has 2 aliphatic heterocycles. The zero-order valence-corrected chi connectivity index (χ0v) is 20.8. The Morgan fingerprint density at radius 2 is 1.74 bits per heavy atom. The van der Waals surface area contributed by atoms with Gasteiger partial charge in [-0.2, -0.15) is 13.2 Å². The molecule has 0 fully saturated rings. The fraction of sp³-hybridized carbons (Fsp3) is 0.214. The quantitative estimate of drug-likeness (QED) is 0.500. The van der Waals surface area contributed by atoms with Crippen LogP contribution in [0.15, 0.2) is 90.3 Å². The zero-order valence-electron chi connectivity index (χ0n) is 20.8. The standard InChI is InChI=1S/C28H24F3N5O3/c1-35-21-16-36(24(17-9-3-2-4-10-17)25(37)33-15-18-11-7-8-14-32-18)26(38)22(21)23(34-27(35)39)19-12-5-6-13-20(19)28(29,30)31/h2-14,23-24H,15-16H2,1H3,(H,33,37)(H,34,39)/t23-,24+/m1/s1. The van der Waals surface area contributed by atoms with Crippen LogP contribution >= 0.6 is 0 Å². The molecule has 0 spiro atoms. The van der Waals surface area contributed by atoms with E-state index in [0.717, 1.165) is 6.07 Å². The van der Waals surface area contributed by atoms with Gasteiger partial charge in [-0.05, 0) is 29.3 Å². The van der Waals surface area contributed by atoms with E-state index < -0.39 is 41.7 Å². The number of likely N-dealkylation sites (N-methyl/N-ethyl adjacent to an activating group) is 1. The first kappa shape index (κ1) is 26.0. The van der Waals surface area contributed by atoms with Crippen molar-refractivity contribution in [2.45, 2.75) is 24.8 Å². The monoisotopic (exact) mass is 535 g/mol. The number of carbonyl (C=O) groups excluding carboxylic acids is 3. The lowest BCUT2D eigenvalue weighted by Crippen LogP contribution is -2.45. The number of aromatic nitrogens is 1. The Hall–Kier alpha value is -4.67. The molecule has 200 valence electrons. The van der Waals surface area contributed by atoms with Gasteiger partial charge < -0.3 is 15.5 Å². The SMILES string of the molecule is CN1C(=O)N[C@H](c2ccccc2C(F)(F)F)C2=C1CN([C@H](C(=O)NCc1ccccn1)c1ccccc1)C2=O. The third kappa shape index (κ3) is 4.95. The summed E-state index contributed by atoms with van der Waals surface area (Å²) in [6, 6.07) is 15.6. The number of nitrogens with one attached hydrogen (secondary N) is 2. The molecule has 0 saturated carbocycles. The number of rotatable bonds is 6. The number of pyridine rings is 1. The van der Waals surface area contributed by atoms with Crippen molar-refractivity contribution in [2.24, 2.45) is 0 Å². The molecule has 8 nitrogen and oxygen atoms in total. The topological polar surface area (TPSA) is 94.6 Å². The Morgan fingerprint density at radius 3 is 2.44 bits per heavy atom. The highest BCUT2D eigenvalue weighted by molar-refractivity contribution is 6.03. The fourth-order valence-electron chi connectivity index (χ4n) is 4.92. The summed E-state index contributed by atoms with van der Waals surface area (Å²) in [5.41, 5.74) is 0.159. The van der Waals surface area contributed by atoms with Gasteiger partial charge in [0.1, 0.15) is 6.04 Å². The van der Waals surface area contributed by atoms with E-state index in [1.807, 2.05) is 0 Å². The number of hydrogen-bond donors (Lipinski definition) is 2. The van der Waals surface area contributed by atoms with E-state index in [4.69, 9.17) is 0 Å². The summed E-state index contributed by atoms with van der Waals surface area (Å²) in [7, 11) is 1.44. The summed E-state index contributed by atoms with van der Waals surface area (Å²) < 4.78 is 41.6. The maximum Gasteiger partial charge on any atom is 0.416 e. The Balaban J connectivity index is 1.52. The van der Waals surface area contributed by atoms with Crippen molar-refractivity contribution < 1.29 is 27.6 Å². The molecule has 5 rings (SSSR count). The smallest absolute Gasteiger partial charge is 0.348 e. The van der Waals surface area contributed by atoms with Gasteiger partial charge in [0, 0.05) is 13.2 Å². The van der Waals surface area contributed by atoms with Crippen LogP contribution in [0.4, 0.5) is 18.0 Å². The molecule has 0 unspecified atom stereocenters. The lowest BCUT2D eigenvalue weighted by molar-refractivity contribution is -0.138. The Kier molecular flexibility index (Phi) is 6.81.